The fraction of sp³-hybridized carbons (Fsp3) is 0.304. The van der Waals surface area contributed by atoms with E-state index >= 15 is 0 Å². The number of fused-ring (bicyclic) bond motifs is 5. The van der Waals surface area contributed by atoms with Crippen LogP contribution in [0.1, 0.15) is 15.2 Å². The van der Waals surface area contributed by atoms with Gasteiger partial charge in [0, 0.05) is 46.9 Å². The summed E-state index contributed by atoms with van der Waals surface area (Å²) in [4.78, 5) is 45.3. The number of ether oxygens (including phenoxy) is 1. The molecule has 3 N–H and O–H groups in total. The third-order valence-corrected chi connectivity index (χ3v) is 7.99. The van der Waals surface area contributed by atoms with Crippen LogP contribution in [-0.4, -0.2) is 69.5 Å². The van der Waals surface area contributed by atoms with Crippen LogP contribution in [-0.2, 0) is 16.1 Å². The predicted molar refractivity (Wildman–Crippen MR) is 135 cm³/mol. The van der Waals surface area contributed by atoms with Crippen molar-refractivity contribution in [3.8, 4) is 0 Å². The Hall–Kier alpha value is -3.45. The first-order valence-corrected chi connectivity index (χ1v) is 12.5. The van der Waals surface area contributed by atoms with Crippen molar-refractivity contribution in [2.24, 2.45) is 5.41 Å². The smallest absolute Gasteiger partial charge is 0.263 e. The van der Waals surface area contributed by atoms with E-state index in [0.29, 0.717) is 50.6 Å². The molecule has 1 spiro atoms. The van der Waals surface area contributed by atoms with Crippen LogP contribution in [0.15, 0.2) is 24.5 Å². The average Bonchev–Trinajstić information content (AvgIpc) is 3.11. The van der Waals surface area contributed by atoms with Crippen molar-refractivity contribution in [3.63, 3.8) is 0 Å². The second-order valence-corrected chi connectivity index (χ2v) is 10.8. The molecule has 2 saturated heterocycles. The van der Waals surface area contributed by atoms with Crippen LogP contribution < -0.4 is 16.0 Å². The van der Waals surface area contributed by atoms with Crippen LogP contribution in [0.4, 0.5) is 17.3 Å². The molecule has 0 bridgehead atoms. The highest BCUT2D eigenvalue weighted by molar-refractivity contribution is 7.21. The Labute approximate surface area is 213 Å². The largest absolute Gasteiger partial charge is 0.380 e. The molecule has 3 aromatic heterocycles. The van der Waals surface area contributed by atoms with Crippen LogP contribution in [0, 0.1) is 5.41 Å². The lowest BCUT2D eigenvalue weighted by Crippen LogP contribution is -2.65. The molecule has 3 aliphatic rings. The third kappa shape index (κ3) is 3.56. The highest BCUT2D eigenvalue weighted by Crippen LogP contribution is 2.41. The first-order valence-electron chi connectivity index (χ1n) is 11.4. The summed E-state index contributed by atoms with van der Waals surface area (Å²) in [7, 11) is 0. The standard InChI is InChI=1S/C23H19ClN8O3S/c24-22-27-3-11(6-32-7-23(8-32)9-35-10-23)20(31-22)29-14-4-25-17-12(28-14)1-2-13-16(17)18-19(36-13)21(34)26-5-15(33)30-18/h1-4H,5-10H2,(H,26,34)(H,30,33)(H,27,28,29,31). The molecule has 0 unspecified atom stereocenters. The van der Waals surface area contributed by atoms with E-state index in [4.69, 9.17) is 21.3 Å². The van der Waals surface area contributed by atoms with E-state index in [1.807, 2.05) is 12.1 Å². The monoisotopic (exact) mass is 522 g/mol. The molecule has 4 aromatic rings. The van der Waals surface area contributed by atoms with E-state index in [1.54, 1.807) is 12.4 Å². The molecule has 0 atom stereocenters. The lowest BCUT2D eigenvalue weighted by Gasteiger charge is -2.55. The zero-order chi connectivity index (χ0) is 24.4. The number of rotatable bonds is 4. The van der Waals surface area contributed by atoms with Gasteiger partial charge in [-0.3, -0.25) is 14.5 Å². The van der Waals surface area contributed by atoms with Crippen molar-refractivity contribution in [3.05, 3.63) is 40.3 Å². The van der Waals surface area contributed by atoms with Gasteiger partial charge in [0.05, 0.1) is 42.7 Å². The van der Waals surface area contributed by atoms with E-state index in [9.17, 15) is 9.59 Å². The van der Waals surface area contributed by atoms with E-state index in [0.717, 1.165) is 36.6 Å². The minimum absolute atomic E-state index is 0.0672. The Balaban J connectivity index is 1.21. The Morgan fingerprint density at radius 3 is 2.83 bits per heavy atom. The minimum Gasteiger partial charge on any atom is -0.380 e. The third-order valence-electron chi connectivity index (χ3n) is 6.65. The van der Waals surface area contributed by atoms with Crippen molar-refractivity contribution in [1.29, 1.82) is 0 Å². The lowest BCUT2D eigenvalue weighted by molar-refractivity contribution is -0.191. The number of thiophene rings is 1. The molecule has 7 rings (SSSR count). The van der Waals surface area contributed by atoms with Crippen molar-refractivity contribution in [2.45, 2.75) is 6.54 Å². The van der Waals surface area contributed by atoms with Crippen LogP contribution in [0.2, 0.25) is 5.28 Å². The molecule has 2 fully saturated rings. The van der Waals surface area contributed by atoms with Crippen LogP contribution in [0.25, 0.3) is 21.1 Å². The van der Waals surface area contributed by atoms with Gasteiger partial charge in [-0.2, -0.15) is 0 Å². The van der Waals surface area contributed by atoms with Crippen molar-refractivity contribution in [1.82, 2.24) is 30.2 Å². The fourth-order valence-corrected chi connectivity index (χ4v) is 6.20. The second-order valence-electron chi connectivity index (χ2n) is 9.37. The zero-order valence-electron chi connectivity index (χ0n) is 18.8. The summed E-state index contributed by atoms with van der Waals surface area (Å²) >= 11 is 7.42. The minimum atomic E-state index is -0.282. The predicted octanol–water partition coefficient (Wildman–Crippen LogP) is 2.55. The number of amides is 2. The van der Waals surface area contributed by atoms with E-state index < -0.39 is 0 Å². The van der Waals surface area contributed by atoms with Gasteiger partial charge in [0.15, 0.2) is 5.82 Å². The summed E-state index contributed by atoms with van der Waals surface area (Å²) in [6.45, 7) is 4.25. The number of carbonyl (C=O) groups is 2. The first kappa shape index (κ1) is 21.8. The topological polar surface area (TPSA) is 134 Å². The Bertz CT molecular complexity index is 1580. The van der Waals surface area contributed by atoms with Crippen LogP contribution in [0.5, 0.6) is 0 Å². The first-order chi connectivity index (χ1) is 17.5. The quantitative estimate of drug-likeness (QED) is 0.345. The number of nitrogens with zero attached hydrogens (tertiary/aromatic N) is 5. The van der Waals surface area contributed by atoms with Gasteiger partial charge in [-0.1, -0.05) is 0 Å². The maximum absolute atomic E-state index is 12.5. The average molecular weight is 523 g/mol. The molecule has 0 radical (unpaired) electrons. The summed E-state index contributed by atoms with van der Waals surface area (Å²) < 4.78 is 6.21. The van der Waals surface area contributed by atoms with Gasteiger partial charge in [0.2, 0.25) is 11.2 Å². The molecule has 3 aliphatic heterocycles. The lowest BCUT2D eigenvalue weighted by atomic mass is 9.78. The molecule has 0 saturated carbocycles. The van der Waals surface area contributed by atoms with Crippen molar-refractivity contribution < 1.29 is 14.3 Å². The van der Waals surface area contributed by atoms with Gasteiger partial charge in [-0.05, 0) is 23.7 Å². The number of nitrogens with one attached hydrogen (secondary N) is 3. The SMILES string of the molecule is O=C1CNC(=O)c2sc3ccc4nc(Nc5nc(Cl)ncc5CN5CC6(COC6)C5)cnc4c3c2N1. The highest BCUT2D eigenvalue weighted by atomic mass is 35.5. The second kappa shape index (κ2) is 8.03. The molecule has 36 heavy (non-hydrogen) atoms. The number of anilines is 3. The molecule has 11 nitrogen and oxygen atoms in total. The van der Waals surface area contributed by atoms with Gasteiger partial charge in [-0.25, -0.2) is 19.9 Å². The number of hydrogen-bond acceptors (Lipinski definition) is 10. The maximum atomic E-state index is 12.5. The fourth-order valence-electron chi connectivity index (χ4n) is 4.99. The van der Waals surface area contributed by atoms with Crippen molar-refractivity contribution >= 4 is 73.2 Å². The van der Waals surface area contributed by atoms with E-state index in [1.165, 1.54) is 11.3 Å². The normalized spacial score (nSPS) is 18.8. The summed E-state index contributed by atoms with van der Waals surface area (Å²) in [6.07, 6.45) is 3.33. The molecule has 182 valence electrons. The molecule has 2 amide bonds. The van der Waals surface area contributed by atoms with Gasteiger partial charge < -0.3 is 20.7 Å². The molecular formula is C23H19ClN8O3S. The summed E-state index contributed by atoms with van der Waals surface area (Å²) in [6, 6.07) is 3.73. The summed E-state index contributed by atoms with van der Waals surface area (Å²) in [5, 5.41) is 9.54. The molecule has 6 heterocycles. The Morgan fingerprint density at radius 1 is 1.17 bits per heavy atom. The van der Waals surface area contributed by atoms with Crippen LogP contribution in [0.3, 0.4) is 0 Å². The van der Waals surface area contributed by atoms with Gasteiger partial charge in [0.25, 0.3) is 5.91 Å². The number of halogens is 1. The molecule has 1 aromatic carbocycles. The number of likely N-dealkylation sites (tertiary alicyclic amines) is 1. The van der Waals surface area contributed by atoms with Gasteiger partial charge in [-0.15, -0.1) is 11.3 Å². The van der Waals surface area contributed by atoms with Gasteiger partial charge >= 0.3 is 0 Å². The summed E-state index contributed by atoms with van der Waals surface area (Å²) in [5.74, 6) is 0.503. The Kier molecular flexibility index (Phi) is 4.86. The van der Waals surface area contributed by atoms with Crippen molar-refractivity contribution in [2.75, 3.05) is 43.5 Å². The van der Waals surface area contributed by atoms with E-state index in [2.05, 4.69) is 35.8 Å². The van der Waals surface area contributed by atoms with Crippen LogP contribution >= 0.6 is 22.9 Å². The maximum Gasteiger partial charge on any atom is 0.263 e. The number of carbonyl (C=O) groups excluding carboxylic acids is 2. The molecule has 13 heteroatoms. The Morgan fingerprint density at radius 2 is 2.03 bits per heavy atom. The number of aromatic nitrogens is 4. The zero-order valence-corrected chi connectivity index (χ0v) is 20.4. The number of benzene rings is 1. The molecule has 0 aliphatic carbocycles. The molecular weight excluding hydrogens is 504 g/mol. The number of hydrogen-bond donors (Lipinski definition) is 3. The summed E-state index contributed by atoms with van der Waals surface area (Å²) in [5.41, 5.74) is 2.91. The van der Waals surface area contributed by atoms with E-state index in [-0.39, 0.29) is 23.6 Å². The van der Waals surface area contributed by atoms with Gasteiger partial charge in [0.1, 0.15) is 10.7 Å². The highest BCUT2D eigenvalue weighted by Gasteiger charge is 2.48.